The fraction of sp³-hybridized carbons (Fsp3) is 0.286. The average Bonchev–Trinajstić information content (AvgIpc) is 3.11. The molecule has 3 heterocycles. The minimum atomic E-state index is -0.448. The van der Waals surface area contributed by atoms with E-state index in [4.69, 9.17) is 11.6 Å². The van der Waals surface area contributed by atoms with Crippen molar-refractivity contribution in [3.05, 3.63) is 35.2 Å². The number of carbonyl (C=O) groups is 2. The van der Waals surface area contributed by atoms with Crippen molar-refractivity contribution in [2.45, 2.75) is 19.4 Å². The van der Waals surface area contributed by atoms with E-state index >= 15 is 0 Å². The number of amides is 3. The van der Waals surface area contributed by atoms with Gasteiger partial charge in [0.25, 0.3) is 0 Å². The summed E-state index contributed by atoms with van der Waals surface area (Å²) >= 11 is 5.81. The summed E-state index contributed by atoms with van der Waals surface area (Å²) in [4.78, 5) is 27.6. The van der Waals surface area contributed by atoms with E-state index in [9.17, 15) is 9.59 Å². The van der Waals surface area contributed by atoms with E-state index in [0.717, 1.165) is 5.56 Å². The smallest absolute Gasteiger partial charge is 0.324 e. The number of nitrogens with zero attached hydrogens (tertiary/aromatic N) is 3. The van der Waals surface area contributed by atoms with Crippen LogP contribution < -0.4 is 16.0 Å². The summed E-state index contributed by atoms with van der Waals surface area (Å²) < 4.78 is 1.55. The summed E-state index contributed by atoms with van der Waals surface area (Å²) in [5.74, 6) is 0.297. The molecular weight excluding hydrogens is 320 g/mol. The van der Waals surface area contributed by atoms with E-state index in [1.807, 2.05) is 6.92 Å². The molecule has 1 unspecified atom stereocenters. The molecule has 9 heteroatoms. The third kappa shape index (κ3) is 3.42. The molecule has 3 rings (SSSR count). The molecule has 0 aliphatic carbocycles. The van der Waals surface area contributed by atoms with Gasteiger partial charge in [-0.25, -0.2) is 9.78 Å². The highest BCUT2D eigenvalue weighted by atomic mass is 35.5. The lowest BCUT2D eigenvalue weighted by Crippen LogP contribution is -2.23. The maximum Gasteiger partial charge on any atom is 0.324 e. The first-order valence-corrected chi connectivity index (χ1v) is 7.44. The van der Waals surface area contributed by atoms with Crippen molar-refractivity contribution < 1.29 is 9.59 Å². The average molecular weight is 335 g/mol. The molecular formula is C14H15ClN6O2. The lowest BCUT2D eigenvalue weighted by Gasteiger charge is -2.09. The van der Waals surface area contributed by atoms with Crippen molar-refractivity contribution in [1.29, 1.82) is 0 Å². The lowest BCUT2D eigenvalue weighted by molar-refractivity contribution is -0.122. The van der Waals surface area contributed by atoms with Crippen LogP contribution in [-0.2, 0) is 4.79 Å². The van der Waals surface area contributed by atoms with Gasteiger partial charge in [-0.3, -0.25) is 14.8 Å². The second-order valence-corrected chi connectivity index (χ2v) is 5.56. The Morgan fingerprint density at radius 3 is 3.04 bits per heavy atom. The standard InChI is InChI=1S/C14H15ClN6O2/c1-8-7-17-11(15)6-9(8)18-14(23)19-12-3-5-21(20-12)10-2-4-16-13(10)22/h3,5-7,10H,2,4H2,1H3,(H,16,22)(H2,17,18,19,20,23). The second-order valence-electron chi connectivity index (χ2n) is 5.18. The van der Waals surface area contributed by atoms with Gasteiger partial charge in [0.1, 0.15) is 11.2 Å². The Hall–Kier alpha value is -2.61. The van der Waals surface area contributed by atoms with Crippen LogP contribution in [0.1, 0.15) is 18.0 Å². The number of anilines is 2. The van der Waals surface area contributed by atoms with Crippen LogP contribution in [0.15, 0.2) is 24.5 Å². The number of nitrogens with one attached hydrogen (secondary N) is 3. The van der Waals surface area contributed by atoms with Crippen LogP contribution in [0.25, 0.3) is 0 Å². The topological polar surface area (TPSA) is 101 Å². The largest absolute Gasteiger partial charge is 0.354 e. The minimum absolute atomic E-state index is 0.0637. The van der Waals surface area contributed by atoms with E-state index in [-0.39, 0.29) is 11.9 Å². The van der Waals surface area contributed by atoms with Gasteiger partial charge in [-0.15, -0.1) is 0 Å². The number of hydrogen-bond donors (Lipinski definition) is 3. The number of hydrogen-bond acceptors (Lipinski definition) is 4. The highest BCUT2D eigenvalue weighted by Crippen LogP contribution is 2.19. The van der Waals surface area contributed by atoms with Gasteiger partial charge in [0.2, 0.25) is 5.91 Å². The van der Waals surface area contributed by atoms with Crippen LogP contribution in [0.5, 0.6) is 0 Å². The number of aryl methyl sites for hydroxylation is 1. The SMILES string of the molecule is Cc1cnc(Cl)cc1NC(=O)Nc1ccn(C2CCNC2=O)n1. The van der Waals surface area contributed by atoms with Crippen molar-refractivity contribution in [2.75, 3.05) is 17.2 Å². The summed E-state index contributed by atoms with van der Waals surface area (Å²) in [6.07, 6.45) is 3.92. The van der Waals surface area contributed by atoms with Crippen molar-refractivity contribution >= 4 is 35.0 Å². The third-order valence-corrected chi connectivity index (χ3v) is 3.71. The Balaban J connectivity index is 1.65. The molecule has 23 heavy (non-hydrogen) atoms. The molecule has 2 aromatic rings. The molecule has 2 aromatic heterocycles. The molecule has 1 fully saturated rings. The molecule has 3 amide bonds. The van der Waals surface area contributed by atoms with Crippen LogP contribution in [0, 0.1) is 6.92 Å². The zero-order chi connectivity index (χ0) is 16.4. The van der Waals surface area contributed by atoms with Crippen molar-refractivity contribution in [3.8, 4) is 0 Å². The molecule has 8 nitrogen and oxygen atoms in total. The lowest BCUT2D eigenvalue weighted by atomic mass is 10.2. The van der Waals surface area contributed by atoms with Gasteiger partial charge in [0.15, 0.2) is 5.82 Å². The van der Waals surface area contributed by atoms with Gasteiger partial charge < -0.3 is 10.6 Å². The van der Waals surface area contributed by atoms with Gasteiger partial charge in [-0.2, -0.15) is 5.10 Å². The Morgan fingerprint density at radius 1 is 1.48 bits per heavy atom. The van der Waals surface area contributed by atoms with Crippen molar-refractivity contribution in [2.24, 2.45) is 0 Å². The van der Waals surface area contributed by atoms with Gasteiger partial charge in [-0.1, -0.05) is 11.6 Å². The van der Waals surface area contributed by atoms with Gasteiger partial charge in [0.05, 0.1) is 0 Å². The number of halogens is 1. The monoisotopic (exact) mass is 334 g/mol. The molecule has 0 saturated carbocycles. The Labute approximate surface area is 137 Å². The number of pyridine rings is 1. The second kappa shape index (κ2) is 6.25. The van der Waals surface area contributed by atoms with Gasteiger partial charge in [-0.05, 0) is 25.0 Å². The van der Waals surface area contributed by atoms with E-state index < -0.39 is 6.03 Å². The first kappa shape index (κ1) is 15.3. The fourth-order valence-electron chi connectivity index (χ4n) is 2.31. The molecule has 0 aromatic carbocycles. The summed E-state index contributed by atoms with van der Waals surface area (Å²) in [5, 5.41) is 12.6. The molecule has 1 aliphatic heterocycles. The predicted octanol–water partition coefficient (Wildman–Crippen LogP) is 1.94. The van der Waals surface area contributed by atoms with Crippen LogP contribution in [0.2, 0.25) is 5.15 Å². The number of urea groups is 1. The molecule has 1 aliphatic rings. The van der Waals surface area contributed by atoms with E-state index in [0.29, 0.717) is 29.6 Å². The number of rotatable bonds is 3. The van der Waals surface area contributed by atoms with Crippen LogP contribution in [0.4, 0.5) is 16.3 Å². The summed E-state index contributed by atoms with van der Waals surface area (Å²) in [6, 6.07) is 2.43. The minimum Gasteiger partial charge on any atom is -0.354 e. The van der Waals surface area contributed by atoms with Crippen LogP contribution in [0.3, 0.4) is 0 Å². The van der Waals surface area contributed by atoms with Crippen molar-refractivity contribution in [1.82, 2.24) is 20.1 Å². The number of aromatic nitrogens is 3. The first-order valence-electron chi connectivity index (χ1n) is 7.06. The fourth-order valence-corrected chi connectivity index (χ4v) is 2.47. The van der Waals surface area contributed by atoms with Crippen LogP contribution in [-0.4, -0.2) is 33.2 Å². The quantitative estimate of drug-likeness (QED) is 0.747. The van der Waals surface area contributed by atoms with Crippen molar-refractivity contribution in [3.63, 3.8) is 0 Å². The molecule has 1 atom stereocenters. The van der Waals surface area contributed by atoms with Gasteiger partial charge >= 0.3 is 6.03 Å². The number of carbonyl (C=O) groups excluding carboxylic acids is 2. The van der Waals surface area contributed by atoms with E-state index in [2.05, 4.69) is 26.0 Å². The Kier molecular flexibility index (Phi) is 4.16. The zero-order valence-corrected chi connectivity index (χ0v) is 13.1. The maximum absolute atomic E-state index is 12.0. The highest BCUT2D eigenvalue weighted by Gasteiger charge is 2.26. The third-order valence-electron chi connectivity index (χ3n) is 3.51. The summed E-state index contributed by atoms with van der Waals surface area (Å²) in [5.41, 5.74) is 1.36. The van der Waals surface area contributed by atoms with E-state index in [1.54, 1.807) is 29.2 Å². The Morgan fingerprint density at radius 2 is 2.30 bits per heavy atom. The molecule has 0 radical (unpaired) electrons. The maximum atomic E-state index is 12.0. The molecule has 0 spiro atoms. The van der Waals surface area contributed by atoms with Crippen LogP contribution >= 0.6 is 11.6 Å². The molecule has 0 bridgehead atoms. The first-order chi connectivity index (χ1) is 11.0. The highest BCUT2D eigenvalue weighted by molar-refractivity contribution is 6.29. The van der Waals surface area contributed by atoms with Gasteiger partial charge in [0, 0.05) is 30.7 Å². The molecule has 3 N–H and O–H groups in total. The summed E-state index contributed by atoms with van der Waals surface area (Å²) in [6.45, 7) is 2.45. The molecule has 120 valence electrons. The van der Waals surface area contributed by atoms with E-state index in [1.165, 1.54) is 0 Å². The predicted molar refractivity (Wildman–Crippen MR) is 85.5 cm³/mol. The Bertz CT molecular complexity index is 759. The molecule has 1 saturated heterocycles. The summed E-state index contributed by atoms with van der Waals surface area (Å²) in [7, 11) is 0. The normalized spacial score (nSPS) is 17.0. The zero-order valence-electron chi connectivity index (χ0n) is 12.3.